The lowest BCUT2D eigenvalue weighted by molar-refractivity contribution is -0.142. The third kappa shape index (κ3) is 9.61. The number of hydrogen-bond donors (Lipinski definition) is 7. The van der Waals surface area contributed by atoms with E-state index in [1.165, 1.54) is 19.1 Å². The fraction of sp³-hybridized carbons (Fsp3) is 0.320. The van der Waals surface area contributed by atoms with E-state index in [1.54, 1.807) is 42.5 Å². The highest BCUT2D eigenvalue weighted by molar-refractivity contribution is 5.96. The molecule has 0 radical (unpaired) electrons. The molecule has 2 aromatic rings. The van der Waals surface area contributed by atoms with Gasteiger partial charge in [0.2, 0.25) is 23.6 Å². The number of nitrogens with two attached hydrogens (primary N) is 2. The molecular weight excluding hydrogens is 482 g/mol. The summed E-state index contributed by atoms with van der Waals surface area (Å²) >= 11 is 0. The summed E-state index contributed by atoms with van der Waals surface area (Å²) in [4.78, 5) is 61.7. The number of phenolic OH excluding ortho intramolecular Hbond substituents is 1. The van der Waals surface area contributed by atoms with E-state index in [1.807, 2.05) is 0 Å². The zero-order valence-corrected chi connectivity index (χ0v) is 20.2. The van der Waals surface area contributed by atoms with Crippen LogP contribution >= 0.6 is 0 Å². The van der Waals surface area contributed by atoms with Crippen molar-refractivity contribution in [1.29, 1.82) is 0 Å². The molecule has 2 rings (SSSR count). The van der Waals surface area contributed by atoms with Crippen molar-refractivity contribution in [3.63, 3.8) is 0 Å². The Kier molecular flexibility index (Phi) is 10.6. The molecule has 0 aliphatic carbocycles. The van der Waals surface area contributed by atoms with E-state index in [2.05, 4.69) is 16.0 Å². The predicted octanol–water partition coefficient (Wildman–Crippen LogP) is -1.06. The van der Waals surface area contributed by atoms with Crippen LogP contribution in [-0.4, -0.2) is 64.0 Å². The van der Waals surface area contributed by atoms with Crippen LogP contribution in [0.25, 0.3) is 0 Å². The maximum absolute atomic E-state index is 13.1. The smallest absolute Gasteiger partial charge is 0.326 e. The lowest BCUT2D eigenvalue weighted by atomic mass is 10.0. The second-order valence-electron chi connectivity index (χ2n) is 8.54. The van der Waals surface area contributed by atoms with Crippen LogP contribution in [0.3, 0.4) is 0 Å². The number of carbonyl (C=O) groups is 5. The molecular formula is C25H31N5O7. The fourth-order valence-electron chi connectivity index (χ4n) is 3.39. The summed E-state index contributed by atoms with van der Waals surface area (Å²) in [7, 11) is 0. The van der Waals surface area contributed by atoms with Gasteiger partial charge in [-0.3, -0.25) is 19.2 Å². The molecule has 12 nitrogen and oxygen atoms in total. The molecule has 4 amide bonds. The quantitative estimate of drug-likeness (QED) is 0.175. The van der Waals surface area contributed by atoms with Crippen LogP contribution in [0.1, 0.15) is 24.5 Å². The average molecular weight is 514 g/mol. The second kappa shape index (κ2) is 13.6. The Morgan fingerprint density at radius 3 is 1.78 bits per heavy atom. The highest BCUT2D eigenvalue weighted by Gasteiger charge is 2.31. The zero-order valence-electron chi connectivity index (χ0n) is 20.2. The monoisotopic (exact) mass is 513 g/mol. The summed E-state index contributed by atoms with van der Waals surface area (Å²) in [6.07, 6.45) is -0.670. The van der Waals surface area contributed by atoms with Crippen LogP contribution < -0.4 is 27.4 Å². The number of carboxylic acids is 1. The van der Waals surface area contributed by atoms with Gasteiger partial charge in [0.15, 0.2) is 0 Å². The van der Waals surface area contributed by atoms with Crippen LogP contribution in [0.5, 0.6) is 5.75 Å². The summed E-state index contributed by atoms with van der Waals surface area (Å²) in [5, 5.41) is 26.3. The van der Waals surface area contributed by atoms with E-state index in [9.17, 15) is 34.2 Å². The van der Waals surface area contributed by atoms with Gasteiger partial charge in [-0.2, -0.15) is 0 Å². The number of carbonyl (C=O) groups excluding carboxylic acids is 4. The van der Waals surface area contributed by atoms with Crippen molar-refractivity contribution in [2.24, 2.45) is 11.5 Å². The molecule has 37 heavy (non-hydrogen) atoms. The number of benzene rings is 2. The maximum atomic E-state index is 13.1. The van der Waals surface area contributed by atoms with E-state index in [4.69, 9.17) is 11.5 Å². The lowest BCUT2D eigenvalue weighted by Crippen LogP contribution is -2.58. The fourth-order valence-corrected chi connectivity index (χ4v) is 3.39. The first kappa shape index (κ1) is 28.8. The molecule has 0 heterocycles. The van der Waals surface area contributed by atoms with Gasteiger partial charge in [-0.05, 0) is 30.2 Å². The largest absolute Gasteiger partial charge is 0.508 e. The third-order valence-electron chi connectivity index (χ3n) is 5.36. The van der Waals surface area contributed by atoms with Gasteiger partial charge in [-0.25, -0.2) is 4.79 Å². The first-order valence-corrected chi connectivity index (χ1v) is 11.5. The maximum Gasteiger partial charge on any atom is 0.326 e. The number of hydrogen-bond acceptors (Lipinski definition) is 7. The number of amides is 4. The third-order valence-corrected chi connectivity index (χ3v) is 5.36. The molecule has 0 fully saturated rings. The minimum atomic E-state index is -1.50. The van der Waals surface area contributed by atoms with Crippen molar-refractivity contribution in [2.75, 3.05) is 0 Å². The molecule has 12 heteroatoms. The van der Waals surface area contributed by atoms with E-state index in [-0.39, 0.29) is 18.6 Å². The first-order valence-electron chi connectivity index (χ1n) is 11.5. The van der Waals surface area contributed by atoms with Gasteiger partial charge in [-0.15, -0.1) is 0 Å². The zero-order chi connectivity index (χ0) is 27.5. The molecule has 0 saturated heterocycles. The van der Waals surface area contributed by atoms with Crippen molar-refractivity contribution < 1.29 is 34.2 Å². The highest BCUT2D eigenvalue weighted by atomic mass is 16.4. The van der Waals surface area contributed by atoms with Gasteiger partial charge >= 0.3 is 5.97 Å². The topological polar surface area (TPSA) is 214 Å². The first-order chi connectivity index (χ1) is 17.5. The minimum absolute atomic E-state index is 0.00560. The van der Waals surface area contributed by atoms with Gasteiger partial charge in [-0.1, -0.05) is 42.5 Å². The molecule has 4 unspecified atom stereocenters. The molecule has 0 aliphatic heterocycles. The van der Waals surface area contributed by atoms with Crippen LogP contribution in [0.2, 0.25) is 0 Å². The van der Waals surface area contributed by atoms with Gasteiger partial charge in [0.1, 0.15) is 23.9 Å². The van der Waals surface area contributed by atoms with Crippen molar-refractivity contribution in [2.45, 2.75) is 50.4 Å². The van der Waals surface area contributed by atoms with Crippen molar-refractivity contribution in [3.8, 4) is 5.75 Å². The SMILES string of the molecule is CC(N)C(=O)NC(Cc1ccc(O)cc1)C(=O)NC(CC(N)=O)C(=O)NC(Cc1ccccc1)C(=O)O. The molecule has 9 N–H and O–H groups in total. The summed E-state index contributed by atoms with van der Waals surface area (Å²) in [6, 6.07) is 9.50. The van der Waals surface area contributed by atoms with Gasteiger partial charge in [0.05, 0.1) is 12.5 Å². The molecule has 198 valence electrons. The number of primary amides is 1. The Morgan fingerprint density at radius 2 is 1.24 bits per heavy atom. The van der Waals surface area contributed by atoms with Gasteiger partial charge < -0.3 is 37.6 Å². The summed E-state index contributed by atoms with van der Waals surface area (Å²) in [5.41, 5.74) is 12.1. The highest BCUT2D eigenvalue weighted by Crippen LogP contribution is 2.12. The molecule has 0 aromatic heterocycles. The number of nitrogens with one attached hydrogen (secondary N) is 3. The summed E-state index contributed by atoms with van der Waals surface area (Å²) in [5.74, 6) is -4.61. The van der Waals surface area contributed by atoms with E-state index < -0.39 is 60.2 Å². The van der Waals surface area contributed by atoms with Crippen molar-refractivity contribution >= 4 is 29.6 Å². The number of aromatic hydroxyl groups is 1. The Balaban J connectivity index is 2.21. The Labute approximate surface area is 213 Å². The van der Waals surface area contributed by atoms with E-state index in [0.29, 0.717) is 11.1 Å². The molecule has 0 spiro atoms. The second-order valence-corrected chi connectivity index (χ2v) is 8.54. The average Bonchev–Trinajstić information content (AvgIpc) is 2.84. The Hall–Kier alpha value is -4.45. The Morgan fingerprint density at radius 1 is 0.757 bits per heavy atom. The van der Waals surface area contributed by atoms with Crippen molar-refractivity contribution in [1.82, 2.24) is 16.0 Å². The number of carboxylic acid groups (broad SMARTS) is 1. The lowest BCUT2D eigenvalue weighted by Gasteiger charge is -2.24. The molecule has 0 saturated carbocycles. The van der Waals surface area contributed by atoms with E-state index in [0.717, 1.165) is 0 Å². The molecule has 0 aliphatic rings. The minimum Gasteiger partial charge on any atom is -0.508 e. The number of rotatable bonds is 13. The summed E-state index contributed by atoms with van der Waals surface area (Å²) < 4.78 is 0. The van der Waals surface area contributed by atoms with Crippen molar-refractivity contribution in [3.05, 3.63) is 65.7 Å². The molecule has 2 aromatic carbocycles. The normalized spacial score (nSPS) is 13.9. The number of aliphatic carboxylic acids is 1. The van der Waals surface area contributed by atoms with E-state index >= 15 is 0 Å². The summed E-state index contributed by atoms with van der Waals surface area (Å²) in [6.45, 7) is 1.42. The van der Waals surface area contributed by atoms with Crippen LogP contribution in [-0.2, 0) is 36.8 Å². The van der Waals surface area contributed by atoms with Gasteiger partial charge in [0.25, 0.3) is 0 Å². The standard InChI is InChI=1S/C25H31N5O7/c1-14(26)22(33)28-18(11-16-7-9-17(31)10-8-16)23(34)29-19(13-21(27)32)24(35)30-20(25(36)37)12-15-5-3-2-4-6-15/h2-10,14,18-20,31H,11-13,26H2,1H3,(H2,27,32)(H,28,33)(H,29,34)(H,30,35)(H,36,37). The van der Waals surface area contributed by atoms with Crippen LogP contribution in [0, 0.1) is 0 Å². The Bertz CT molecular complexity index is 1110. The van der Waals surface area contributed by atoms with Crippen LogP contribution in [0.15, 0.2) is 54.6 Å². The molecule has 0 bridgehead atoms. The van der Waals surface area contributed by atoms with Gasteiger partial charge in [0, 0.05) is 12.8 Å². The predicted molar refractivity (Wildman–Crippen MR) is 133 cm³/mol. The molecule has 4 atom stereocenters. The number of phenols is 1. The van der Waals surface area contributed by atoms with Crippen LogP contribution in [0.4, 0.5) is 0 Å².